The van der Waals surface area contributed by atoms with Crippen LogP contribution >= 0.6 is 11.8 Å². The van der Waals surface area contributed by atoms with Gasteiger partial charge in [-0.2, -0.15) is 0 Å². The van der Waals surface area contributed by atoms with Crippen molar-refractivity contribution in [3.05, 3.63) is 125 Å². The Kier molecular flexibility index (Phi) is 13.0. The number of carbonyl (C=O) groups is 2. The summed E-state index contributed by atoms with van der Waals surface area (Å²) in [6.45, 7) is 2.63. The fraction of sp³-hybridized carbons (Fsp3) is 0.333. The van der Waals surface area contributed by atoms with Gasteiger partial charge in [0.25, 0.3) is 0 Å². The largest absolute Gasteiger partial charge is 0.392 e. The molecule has 0 saturated carbocycles. The Morgan fingerprint density at radius 2 is 1.53 bits per heavy atom. The van der Waals surface area contributed by atoms with E-state index in [1.54, 1.807) is 11.8 Å². The zero-order chi connectivity index (χ0) is 32.8. The Morgan fingerprint density at radius 1 is 0.809 bits per heavy atom. The first-order valence-corrected chi connectivity index (χ1v) is 17.3. The monoisotopic (exact) mass is 652 g/mol. The summed E-state index contributed by atoms with van der Waals surface area (Å²) in [4.78, 5) is 24.7. The predicted octanol–water partition coefficient (Wildman–Crippen LogP) is 7.50. The number of hydrogen-bond donors (Lipinski definition) is 3. The molecule has 4 aromatic carbocycles. The number of hydrogen-bond acceptors (Lipinski definition) is 6. The van der Waals surface area contributed by atoms with Crippen molar-refractivity contribution in [2.24, 2.45) is 0 Å². The minimum absolute atomic E-state index is 0.0114. The third kappa shape index (κ3) is 10.5. The number of thioether (sulfide) groups is 1. The van der Waals surface area contributed by atoms with Crippen LogP contribution in [0, 0.1) is 0 Å². The van der Waals surface area contributed by atoms with Crippen LogP contribution in [0.2, 0.25) is 0 Å². The van der Waals surface area contributed by atoms with E-state index in [4.69, 9.17) is 9.47 Å². The van der Waals surface area contributed by atoms with Crippen molar-refractivity contribution in [1.82, 2.24) is 10.6 Å². The first kappa shape index (κ1) is 34.4. The molecule has 0 aliphatic carbocycles. The molecule has 8 heteroatoms. The van der Waals surface area contributed by atoms with Crippen molar-refractivity contribution < 1.29 is 24.2 Å². The summed E-state index contributed by atoms with van der Waals surface area (Å²) in [5.74, 6) is 0.814. The van der Waals surface area contributed by atoms with Crippen molar-refractivity contribution in [1.29, 1.82) is 0 Å². The molecule has 0 aromatic heterocycles. The number of nitrogens with one attached hydrogen (secondary N) is 2. The Hall–Kier alpha value is -3.95. The van der Waals surface area contributed by atoms with Gasteiger partial charge in [0, 0.05) is 49.1 Å². The number of carbonyl (C=O) groups excluding carboxylic acids is 2. The Labute approximate surface area is 282 Å². The Morgan fingerprint density at radius 3 is 2.28 bits per heavy atom. The van der Waals surface area contributed by atoms with Crippen LogP contribution in [0.4, 0.5) is 0 Å². The van der Waals surface area contributed by atoms with Gasteiger partial charge in [-0.05, 0) is 52.8 Å². The molecule has 4 aromatic rings. The summed E-state index contributed by atoms with van der Waals surface area (Å²) in [6, 6.07) is 34.8. The van der Waals surface area contributed by atoms with Gasteiger partial charge >= 0.3 is 0 Å². The van der Waals surface area contributed by atoms with E-state index in [9.17, 15) is 14.7 Å². The van der Waals surface area contributed by atoms with Gasteiger partial charge in [0.2, 0.25) is 11.8 Å². The number of rotatable bonds is 15. The Bertz CT molecular complexity index is 1560. The van der Waals surface area contributed by atoms with Crippen LogP contribution in [-0.2, 0) is 32.2 Å². The number of aliphatic hydroxyl groups excluding tert-OH is 1. The molecule has 7 nitrogen and oxygen atoms in total. The fourth-order valence-corrected chi connectivity index (χ4v) is 6.58. The zero-order valence-corrected chi connectivity index (χ0v) is 27.7. The van der Waals surface area contributed by atoms with E-state index in [2.05, 4.69) is 65.2 Å². The maximum Gasteiger partial charge on any atom is 0.220 e. The molecular weight excluding hydrogens is 609 g/mol. The first-order chi connectivity index (χ1) is 23.0. The topological polar surface area (TPSA) is 96.9 Å². The molecule has 1 heterocycles. The average molecular weight is 653 g/mol. The second-order valence-electron chi connectivity index (χ2n) is 11.8. The quantitative estimate of drug-likeness (QED) is 0.0910. The molecule has 47 heavy (non-hydrogen) atoms. The average Bonchev–Trinajstić information content (AvgIpc) is 3.11. The van der Waals surface area contributed by atoms with E-state index >= 15 is 0 Å². The van der Waals surface area contributed by atoms with Crippen molar-refractivity contribution in [2.75, 3.05) is 12.3 Å². The molecule has 1 aliphatic rings. The van der Waals surface area contributed by atoms with Crippen LogP contribution in [0.15, 0.2) is 108 Å². The lowest BCUT2D eigenvalue weighted by molar-refractivity contribution is -0.245. The van der Waals surface area contributed by atoms with Gasteiger partial charge in [0.05, 0.1) is 18.8 Å². The van der Waals surface area contributed by atoms with Gasteiger partial charge in [-0.1, -0.05) is 97.4 Å². The van der Waals surface area contributed by atoms with E-state index < -0.39 is 6.29 Å². The van der Waals surface area contributed by atoms with Gasteiger partial charge in [0.1, 0.15) is 0 Å². The summed E-state index contributed by atoms with van der Waals surface area (Å²) >= 11 is 1.79. The maximum atomic E-state index is 12.5. The summed E-state index contributed by atoms with van der Waals surface area (Å²) in [5, 5.41) is 15.4. The Balaban J connectivity index is 1.23. The standard InChI is InChI=1S/C39H44N2O5S/c1-28(43)40-23-9-3-6-14-38(44)41-25-33-10-7-8-13-36(33)30-19-21-32(22-20-30)39-45-34(27-47-35-11-4-2-5-12-35)24-37(46-39)31-17-15-29(26-42)16-18-31/h2,4-5,7-8,10-13,15-22,34,37,39,42H,3,6,9,14,23-27H2,1H3,(H,40,43)(H,41,44). The lowest BCUT2D eigenvalue weighted by Gasteiger charge is -2.36. The minimum Gasteiger partial charge on any atom is -0.392 e. The molecule has 1 saturated heterocycles. The van der Waals surface area contributed by atoms with Gasteiger partial charge in [-0.3, -0.25) is 9.59 Å². The number of unbranched alkanes of at least 4 members (excludes halogenated alkanes) is 2. The number of benzene rings is 4. The summed E-state index contributed by atoms with van der Waals surface area (Å²) in [5.41, 5.74) is 6.07. The maximum absolute atomic E-state index is 12.5. The van der Waals surface area contributed by atoms with Crippen LogP contribution in [0.3, 0.4) is 0 Å². The van der Waals surface area contributed by atoms with Crippen LogP contribution in [-0.4, -0.2) is 35.3 Å². The van der Waals surface area contributed by atoms with Crippen LogP contribution in [0.5, 0.6) is 0 Å². The molecule has 1 fully saturated rings. The van der Waals surface area contributed by atoms with Crippen LogP contribution in [0.1, 0.15) is 73.7 Å². The van der Waals surface area contributed by atoms with E-state index in [0.717, 1.165) is 64.8 Å². The van der Waals surface area contributed by atoms with E-state index in [-0.39, 0.29) is 30.6 Å². The second-order valence-corrected chi connectivity index (χ2v) is 12.9. The molecule has 0 radical (unpaired) electrons. The molecule has 5 rings (SSSR count). The number of aliphatic hydroxyl groups is 1. The molecular formula is C39H44N2O5S. The van der Waals surface area contributed by atoms with Crippen LogP contribution in [0.25, 0.3) is 11.1 Å². The van der Waals surface area contributed by atoms with E-state index in [1.807, 2.05) is 48.5 Å². The lowest BCUT2D eigenvalue weighted by Crippen LogP contribution is -2.31. The zero-order valence-electron chi connectivity index (χ0n) is 26.9. The smallest absolute Gasteiger partial charge is 0.220 e. The van der Waals surface area contributed by atoms with Gasteiger partial charge in [-0.25, -0.2) is 0 Å². The first-order valence-electron chi connectivity index (χ1n) is 16.4. The second kappa shape index (κ2) is 17.8. The fourth-order valence-electron chi connectivity index (χ4n) is 5.64. The highest BCUT2D eigenvalue weighted by Crippen LogP contribution is 2.40. The van der Waals surface area contributed by atoms with Gasteiger partial charge in [0.15, 0.2) is 6.29 Å². The number of amides is 2. The number of ether oxygens (including phenoxy) is 2. The third-order valence-electron chi connectivity index (χ3n) is 8.24. The summed E-state index contributed by atoms with van der Waals surface area (Å²) in [7, 11) is 0. The molecule has 3 atom stereocenters. The summed E-state index contributed by atoms with van der Waals surface area (Å²) in [6.07, 6.45) is 3.10. The highest BCUT2D eigenvalue weighted by molar-refractivity contribution is 7.99. The van der Waals surface area contributed by atoms with Gasteiger partial charge < -0.3 is 25.2 Å². The highest BCUT2D eigenvalue weighted by atomic mass is 32.2. The highest BCUT2D eigenvalue weighted by Gasteiger charge is 2.32. The van der Waals surface area contributed by atoms with E-state index in [0.29, 0.717) is 19.5 Å². The molecule has 3 unspecified atom stereocenters. The van der Waals surface area contributed by atoms with Gasteiger partial charge in [-0.15, -0.1) is 11.8 Å². The van der Waals surface area contributed by atoms with Crippen molar-refractivity contribution in [3.63, 3.8) is 0 Å². The minimum atomic E-state index is -0.519. The molecule has 0 bridgehead atoms. The van der Waals surface area contributed by atoms with Crippen LogP contribution < -0.4 is 10.6 Å². The third-order valence-corrected chi connectivity index (χ3v) is 9.38. The SMILES string of the molecule is CC(=O)NCCCCCC(=O)NCc1ccccc1-c1ccc(C2OC(CSc3ccccc3)CC(c3ccc(CO)cc3)O2)cc1. The van der Waals surface area contributed by atoms with E-state index in [1.165, 1.54) is 11.8 Å². The molecule has 246 valence electrons. The predicted molar refractivity (Wildman–Crippen MR) is 186 cm³/mol. The lowest BCUT2D eigenvalue weighted by atomic mass is 9.97. The molecule has 3 N–H and O–H groups in total. The van der Waals surface area contributed by atoms with Crippen molar-refractivity contribution >= 4 is 23.6 Å². The van der Waals surface area contributed by atoms with Crippen molar-refractivity contribution in [3.8, 4) is 11.1 Å². The molecule has 2 amide bonds. The van der Waals surface area contributed by atoms with Crippen molar-refractivity contribution in [2.45, 2.75) is 75.6 Å². The normalized spacial score (nSPS) is 17.6. The molecule has 0 spiro atoms. The summed E-state index contributed by atoms with van der Waals surface area (Å²) < 4.78 is 13.1. The molecule has 1 aliphatic heterocycles.